The van der Waals surface area contributed by atoms with E-state index in [-0.39, 0.29) is 35.5 Å². The lowest BCUT2D eigenvalue weighted by Crippen LogP contribution is -2.37. The summed E-state index contributed by atoms with van der Waals surface area (Å²) >= 11 is 0. The molecule has 0 saturated heterocycles. The van der Waals surface area contributed by atoms with E-state index in [4.69, 9.17) is 6.42 Å². The molecule has 152 valence electrons. The number of aromatic hydroxyl groups is 1. The Morgan fingerprint density at radius 3 is 2.40 bits per heavy atom. The van der Waals surface area contributed by atoms with Gasteiger partial charge in [0, 0.05) is 20.5 Å². The highest BCUT2D eigenvalue weighted by Gasteiger charge is 2.24. The molecule has 0 saturated carbocycles. The standard InChI is InChI=1S/C20H16FN5O4/c1-4-5-13-16(27)25(10-11-6-8-12(21)9-7-11)19-22-15-14(26(19)17(13)28)18(29)24(3)20(30)23(15)2/h1,6-9,28H,5,10H2,2-3H3. The first-order chi connectivity index (χ1) is 14.3. The van der Waals surface area contributed by atoms with E-state index in [1.165, 1.54) is 42.9 Å². The minimum atomic E-state index is -0.686. The van der Waals surface area contributed by atoms with Crippen LogP contribution in [0.15, 0.2) is 38.6 Å². The van der Waals surface area contributed by atoms with Gasteiger partial charge in [0.25, 0.3) is 11.1 Å². The lowest BCUT2D eigenvalue weighted by Gasteiger charge is -2.12. The molecule has 0 amide bonds. The number of terminal acetylenes is 1. The van der Waals surface area contributed by atoms with Gasteiger partial charge in [-0.25, -0.2) is 13.6 Å². The Balaban J connectivity index is 2.19. The fraction of sp³-hybridized carbons (Fsp3) is 0.200. The molecule has 0 bridgehead atoms. The Morgan fingerprint density at radius 1 is 1.10 bits per heavy atom. The van der Waals surface area contributed by atoms with Gasteiger partial charge in [0.05, 0.1) is 12.1 Å². The van der Waals surface area contributed by atoms with E-state index in [1.54, 1.807) is 0 Å². The smallest absolute Gasteiger partial charge is 0.332 e. The molecule has 1 N–H and O–H groups in total. The number of fused-ring (bicyclic) bond motifs is 3. The van der Waals surface area contributed by atoms with Gasteiger partial charge in [-0.05, 0) is 17.7 Å². The van der Waals surface area contributed by atoms with Gasteiger partial charge in [-0.3, -0.25) is 23.3 Å². The Labute approximate surface area is 167 Å². The van der Waals surface area contributed by atoms with Gasteiger partial charge in [-0.15, -0.1) is 12.3 Å². The maximum Gasteiger partial charge on any atom is 0.332 e. The van der Waals surface area contributed by atoms with E-state index < -0.39 is 28.5 Å². The van der Waals surface area contributed by atoms with Crippen molar-refractivity contribution in [2.45, 2.75) is 13.0 Å². The lowest BCUT2D eigenvalue weighted by molar-refractivity contribution is 0.436. The molecular weight excluding hydrogens is 393 g/mol. The second-order valence-electron chi connectivity index (χ2n) is 6.83. The fourth-order valence-electron chi connectivity index (χ4n) is 3.42. The SMILES string of the molecule is C#CCc1c(O)n2c3c(=O)n(C)c(=O)n(C)c3nc2n(Cc2ccc(F)cc2)c1=O. The number of nitrogens with zero attached hydrogens (tertiary/aromatic N) is 5. The summed E-state index contributed by atoms with van der Waals surface area (Å²) in [7, 11) is 2.73. The number of hydrogen-bond acceptors (Lipinski definition) is 5. The van der Waals surface area contributed by atoms with Crippen LogP contribution in [0.5, 0.6) is 5.88 Å². The zero-order valence-corrected chi connectivity index (χ0v) is 16.1. The van der Waals surface area contributed by atoms with Gasteiger partial charge in [0.1, 0.15) is 5.82 Å². The Bertz CT molecular complexity index is 1550. The van der Waals surface area contributed by atoms with Crippen LogP contribution >= 0.6 is 0 Å². The highest BCUT2D eigenvalue weighted by molar-refractivity contribution is 5.76. The van der Waals surface area contributed by atoms with Crippen LogP contribution in [0.3, 0.4) is 0 Å². The van der Waals surface area contributed by atoms with Crippen molar-refractivity contribution in [1.29, 1.82) is 0 Å². The molecule has 0 aliphatic rings. The molecule has 0 unspecified atom stereocenters. The summed E-state index contributed by atoms with van der Waals surface area (Å²) in [6.45, 7) is -0.0158. The summed E-state index contributed by atoms with van der Waals surface area (Å²) in [5.41, 5.74) is -1.46. The van der Waals surface area contributed by atoms with Crippen molar-refractivity contribution in [2.24, 2.45) is 14.1 Å². The van der Waals surface area contributed by atoms with Crippen molar-refractivity contribution in [3.63, 3.8) is 0 Å². The van der Waals surface area contributed by atoms with Crippen molar-refractivity contribution in [3.8, 4) is 18.2 Å². The van der Waals surface area contributed by atoms with Crippen LogP contribution in [0.4, 0.5) is 4.39 Å². The number of imidazole rings is 1. The fourth-order valence-corrected chi connectivity index (χ4v) is 3.42. The molecule has 4 aromatic rings. The van der Waals surface area contributed by atoms with E-state index in [2.05, 4.69) is 10.9 Å². The number of rotatable bonds is 3. The monoisotopic (exact) mass is 409 g/mol. The number of halogens is 1. The van der Waals surface area contributed by atoms with Crippen LogP contribution in [0.1, 0.15) is 11.1 Å². The van der Waals surface area contributed by atoms with Gasteiger partial charge in [-0.1, -0.05) is 12.1 Å². The number of aryl methyl sites for hydroxylation is 1. The second-order valence-corrected chi connectivity index (χ2v) is 6.83. The first-order valence-electron chi connectivity index (χ1n) is 8.87. The van der Waals surface area contributed by atoms with Crippen molar-refractivity contribution in [2.75, 3.05) is 0 Å². The average Bonchev–Trinajstić information content (AvgIpc) is 3.13. The van der Waals surface area contributed by atoms with E-state index >= 15 is 0 Å². The summed E-state index contributed by atoms with van der Waals surface area (Å²) in [6, 6.07) is 5.51. The summed E-state index contributed by atoms with van der Waals surface area (Å²) in [4.78, 5) is 42.5. The van der Waals surface area contributed by atoms with Gasteiger partial charge in [0.2, 0.25) is 11.7 Å². The molecule has 0 radical (unpaired) electrons. The maximum absolute atomic E-state index is 13.3. The Kier molecular flexibility index (Phi) is 4.31. The van der Waals surface area contributed by atoms with Gasteiger partial charge >= 0.3 is 5.69 Å². The number of hydrogen-bond donors (Lipinski definition) is 1. The summed E-state index contributed by atoms with van der Waals surface area (Å²) < 4.78 is 17.6. The minimum Gasteiger partial charge on any atom is -0.494 e. The van der Waals surface area contributed by atoms with E-state index in [0.29, 0.717) is 5.56 Å². The van der Waals surface area contributed by atoms with Crippen LogP contribution in [0, 0.1) is 18.2 Å². The summed E-state index contributed by atoms with van der Waals surface area (Å²) in [5, 5.41) is 10.8. The molecule has 3 aromatic heterocycles. The van der Waals surface area contributed by atoms with Crippen LogP contribution in [-0.4, -0.2) is 28.2 Å². The third-order valence-electron chi connectivity index (χ3n) is 5.00. The van der Waals surface area contributed by atoms with Crippen molar-refractivity contribution in [1.82, 2.24) is 23.1 Å². The second kappa shape index (κ2) is 6.73. The normalized spacial score (nSPS) is 11.3. The Morgan fingerprint density at radius 2 is 1.77 bits per heavy atom. The molecule has 9 nitrogen and oxygen atoms in total. The molecule has 0 aliphatic heterocycles. The first-order valence-corrected chi connectivity index (χ1v) is 8.87. The van der Waals surface area contributed by atoms with E-state index in [0.717, 1.165) is 13.5 Å². The minimum absolute atomic E-state index is 0.00325. The van der Waals surface area contributed by atoms with Crippen molar-refractivity contribution in [3.05, 3.63) is 72.4 Å². The number of benzene rings is 1. The van der Waals surface area contributed by atoms with Gasteiger partial charge in [0.15, 0.2) is 11.2 Å². The molecule has 0 fully saturated rings. The molecule has 10 heteroatoms. The van der Waals surface area contributed by atoms with Crippen molar-refractivity contribution < 1.29 is 9.50 Å². The molecular formula is C20H16FN5O4. The average molecular weight is 409 g/mol. The van der Waals surface area contributed by atoms with Gasteiger partial charge in [-0.2, -0.15) is 4.98 Å². The quantitative estimate of drug-likeness (QED) is 0.484. The van der Waals surface area contributed by atoms with Crippen LogP contribution < -0.4 is 16.8 Å². The molecule has 1 aromatic carbocycles. The third-order valence-corrected chi connectivity index (χ3v) is 5.00. The summed E-state index contributed by atoms with van der Waals surface area (Å²) in [5.74, 6) is 1.33. The van der Waals surface area contributed by atoms with Crippen molar-refractivity contribution >= 4 is 16.9 Å². The van der Waals surface area contributed by atoms with Crippen LogP contribution in [-0.2, 0) is 27.1 Å². The third kappa shape index (κ3) is 2.63. The zero-order valence-electron chi connectivity index (χ0n) is 16.1. The maximum atomic E-state index is 13.3. The molecule has 0 aliphatic carbocycles. The summed E-state index contributed by atoms with van der Waals surface area (Å²) in [6.07, 6.45) is 5.18. The molecule has 0 spiro atoms. The molecule has 3 heterocycles. The Hall–Kier alpha value is -4.13. The predicted octanol–water partition coefficient (Wildman–Crippen LogP) is 0.115. The van der Waals surface area contributed by atoms with Crippen LogP contribution in [0.2, 0.25) is 0 Å². The van der Waals surface area contributed by atoms with E-state index in [1.807, 2.05) is 0 Å². The highest BCUT2D eigenvalue weighted by atomic mass is 19.1. The molecule has 0 atom stereocenters. The molecule has 4 rings (SSSR count). The number of aromatic nitrogens is 5. The highest BCUT2D eigenvalue weighted by Crippen LogP contribution is 2.22. The zero-order chi connectivity index (χ0) is 21.7. The predicted molar refractivity (Wildman–Crippen MR) is 107 cm³/mol. The van der Waals surface area contributed by atoms with E-state index in [9.17, 15) is 23.9 Å². The van der Waals surface area contributed by atoms with Gasteiger partial charge < -0.3 is 5.11 Å². The first kappa shape index (κ1) is 19.2. The largest absolute Gasteiger partial charge is 0.494 e. The topological polar surface area (TPSA) is 104 Å². The van der Waals surface area contributed by atoms with Crippen LogP contribution in [0.25, 0.3) is 16.9 Å². The molecule has 30 heavy (non-hydrogen) atoms. The lowest BCUT2D eigenvalue weighted by atomic mass is 10.2.